The number of allylic oxidation sites excluding steroid dienone is 2. The molecule has 0 fully saturated rings. The van der Waals surface area contributed by atoms with Crippen molar-refractivity contribution in [3.63, 3.8) is 0 Å². The fourth-order valence-corrected chi connectivity index (χ4v) is 4.23. The first-order valence-electron chi connectivity index (χ1n) is 14.0. The number of nitrogens with zero attached hydrogens (tertiary/aromatic N) is 2. The Balaban J connectivity index is 1.44. The van der Waals surface area contributed by atoms with Crippen molar-refractivity contribution in [2.45, 2.75) is 85.0 Å². The first-order chi connectivity index (χ1) is 17.7. The molecule has 0 bridgehead atoms. The molecule has 0 spiro atoms. The Bertz CT molecular complexity index is 1010. The average Bonchev–Trinajstić information content (AvgIpc) is 2.93. The molecule has 3 aromatic rings. The van der Waals surface area contributed by atoms with Crippen molar-refractivity contribution in [2.75, 3.05) is 6.61 Å². The quantitative estimate of drug-likeness (QED) is 0.150. The summed E-state index contributed by atoms with van der Waals surface area (Å²) in [5.74, 6) is 2.50. The molecule has 192 valence electrons. The molecule has 1 atom stereocenters. The van der Waals surface area contributed by atoms with Gasteiger partial charge in [-0.15, -0.1) is 0 Å². The van der Waals surface area contributed by atoms with Crippen LogP contribution in [0.2, 0.25) is 0 Å². The Morgan fingerprint density at radius 2 is 1.47 bits per heavy atom. The number of aryl methyl sites for hydroxylation is 1. The minimum absolute atomic E-state index is 0.738. The Kier molecular flexibility index (Phi) is 12.2. The van der Waals surface area contributed by atoms with E-state index in [9.17, 15) is 0 Å². The number of hydrogen-bond donors (Lipinski definition) is 0. The number of unbranched alkanes of at least 4 members (excludes halogenated alkanes) is 4. The third-order valence-corrected chi connectivity index (χ3v) is 6.85. The zero-order valence-electron chi connectivity index (χ0n) is 22.6. The fourth-order valence-electron chi connectivity index (χ4n) is 4.23. The van der Waals surface area contributed by atoms with Crippen LogP contribution in [0.4, 0.5) is 0 Å². The maximum Gasteiger partial charge on any atom is 0.159 e. The lowest BCUT2D eigenvalue weighted by Gasteiger charge is -2.08. The number of ether oxygens (including phenoxy) is 1. The first-order valence-corrected chi connectivity index (χ1v) is 14.0. The molecular weight excluding hydrogens is 440 g/mol. The van der Waals surface area contributed by atoms with Gasteiger partial charge < -0.3 is 4.74 Å². The van der Waals surface area contributed by atoms with Crippen molar-refractivity contribution in [1.29, 1.82) is 0 Å². The van der Waals surface area contributed by atoms with E-state index in [1.54, 1.807) is 0 Å². The van der Waals surface area contributed by atoms with E-state index in [-0.39, 0.29) is 0 Å². The molecule has 3 heteroatoms. The van der Waals surface area contributed by atoms with Crippen molar-refractivity contribution in [2.24, 2.45) is 5.92 Å². The van der Waals surface area contributed by atoms with Crippen LogP contribution in [-0.2, 0) is 6.42 Å². The molecule has 0 unspecified atom stereocenters. The van der Waals surface area contributed by atoms with Crippen LogP contribution in [0.1, 0.15) is 84.1 Å². The summed E-state index contributed by atoms with van der Waals surface area (Å²) in [6.07, 6.45) is 20.6. The fraction of sp³-hybridized carbons (Fsp3) is 0.455. The van der Waals surface area contributed by atoms with Gasteiger partial charge in [-0.05, 0) is 79.8 Å². The normalized spacial score (nSPS) is 12.2. The van der Waals surface area contributed by atoms with E-state index in [0.717, 1.165) is 72.9 Å². The SMILES string of the molecule is CCC=CCCCCOc1ccc(-c2ncc(-c3ccc(CCCCC[C@@H](C)CC)cc3)cn2)cc1. The van der Waals surface area contributed by atoms with Gasteiger partial charge in [-0.3, -0.25) is 0 Å². The largest absolute Gasteiger partial charge is 0.494 e. The molecule has 3 nitrogen and oxygen atoms in total. The van der Waals surface area contributed by atoms with Crippen molar-refractivity contribution in [1.82, 2.24) is 9.97 Å². The Morgan fingerprint density at radius 3 is 2.17 bits per heavy atom. The predicted molar refractivity (Wildman–Crippen MR) is 153 cm³/mol. The van der Waals surface area contributed by atoms with E-state index in [4.69, 9.17) is 4.74 Å². The second-order valence-corrected chi connectivity index (χ2v) is 9.85. The van der Waals surface area contributed by atoms with Crippen LogP contribution >= 0.6 is 0 Å². The number of benzene rings is 2. The summed E-state index contributed by atoms with van der Waals surface area (Å²) in [5, 5.41) is 0. The zero-order chi connectivity index (χ0) is 25.4. The van der Waals surface area contributed by atoms with Gasteiger partial charge in [0.25, 0.3) is 0 Å². The van der Waals surface area contributed by atoms with Crippen LogP contribution in [0.15, 0.2) is 73.1 Å². The molecule has 2 aromatic carbocycles. The van der Waals surface area contributed by atoms with Crippen LogP contribution < -0.4 is 4.74 Å². The van der Waals surface area contributed by atoms with Crippen molar-refractivity contribution >= 4 is 0 Å². The standard InChI is InChI=1S/C33H44N2O/c1-4-6-7-8-9-13-24-36-32-22-20-30(21-23-32)33-34-25-31(26-35-33)29-18-16-28(17-19-29)15-12-10-11-14-27(3)5-2/h6-7,16-23,25-27H,4-5,8-15,24H2,1-3H3/t27-/m0/s1. The van der Waals surface area contributed by atoms with Crippen LogP contribution in [0, 0.1) is 5.92 Å². The Morgan fingerprint density at radius 1 is 0.750 bits per heavy atom. The topological polar surface area (TPSA) is 35.0 Å². The molecule has 0 radical (unpaired) electrons. The summed E-state index contributed by atoms with van der Waals surface area (Å²) in [5.41, 5.74) is 4.63. The Labute approximate surface area is 219 Å². The summed E-state index contributed by atoms with van der Waals surface area (Å²) < 4.78 is 5.88. The summed E-state index contributed by atoms with van der Waals surface area (Å²) in [4.78, 5) is 9.24. The van der Waals surface area contributed by atoms with Gasteiger partial charge in [0.2, 0.25) is 0 Å². The smallest absolute Gasteiger partial charge is 0.159 e. The summed E-state index contributed by atoms with van der Waals surface area (Å²) in [7, 11) is 0. The van der Waals surface area contributed by atoms with Gasteiger partial charge in [0.1, 0.15) is 5.75 Å². The molecule has 1 aromatic heterocycles. The molecule has 0 saturated heterocycles. The van der Waals surface area contributed by atoms with E-state index in [1.807, 2.05) is 36.7 Å². The molecule has 1 heterocycles. The van der Waals surface area contributed by atoms with Crippen molar-refractivity contribution in [3.05, 3.63) is 78.6 Å². The zero-order valence-corrected chi connectivity index (χ0v) is 22.6. The number of rotatable bonds is 16. The van der Waals surface area contributed by atoms with Crippen LogP contribution in [0.3, 0.4) is 0 Å². The molecule has 3 rings (SSSR count). The molecule has 0 amide bonds. The molecule has 36 heavy (non-hydrogen) atoms. The second-order valence-electron chi connectivity index (χ2n) is 9.85. The van der Waals surface area contributed by atoms with E-state index in [0.29, 0.717) is 0 Å². The van der Waals surface area contributed by atoms with Gasteiger partial charge in [-0.25, -0.2) is 9.97 Å². The van der Waals surface area contributed by atoms with Crippen LogP contribution in [-0.4, -0.2) is 16.6 Å². The lowest BCUT2D eigenvalue weighted by molar-refractivity contribution is 0.307. The summed E-state index contributed by atoms with van der Waals surface area (Å²) in [6, 6.07) is 17.0. The molecule has 0 aliphatic heterocycles. The van der Waals surface area contributed by atoms with Gasteiger partial charge in [0.05, 0.1) is 6.61 Å². The van der Waals surface area contributed by atoms with Gasteiger partial charge >= 0.3 is 0 Å². The average molecular weight is 485 g/mol. The highest BCUT2D eigenvalue weighted by molar-refractivity contribution is 5.64. The van der Waals surface area contributed by atoms with Gasteiger partial charge in [-0.1, -0.05) is 82.9 Å². The monoisotopic (exact) mass is 484 g/mol. The molecular formula is C33H44N2O. The molecule has 0 aliphatic rings. The number of aromatic nitrogens is 2. The van der Waals surface area contributed by atoms with Gasteiger partial charge in [0, 0.05) is 23.5 Å². The summed E-state index contributed by atoms with van der Waals surface area (Å²) >= 11 is 0. The predicted octanol–water partition coefficient (Wildman–Crippen LogP) is 9.47. The highest BCUT2D eigenvalue weighted by Gasteiger charge is 2.05. The minimum atomic E-state index is 0.738. The van der Waals surface area contributed by atoms with Crippen LogP contribution in [0.5, 0.6) is 5.75 Å². The third kappa shape index (κ3) is 9.60. The van der Waals surface area contributed by atoms with Gasteiger partial charge in [0.15, 0.2) is 5.82 Å². The third-order valence-electron chi connectivity index (χ3n) is 6.85. The second kappa shape index (κ2) is 15.9. The lowest BCUT2D eigenvalue weighted by atomic mass is 9.98. The van der Waals surface area contributed by atoms with Crippen molar-refractivity contribution in [3.8, 4) is 28.3 Å². The maximum absolute atomic E-state index is 5.88. The summed E-state index contributed by atoms with van der Waals surface area (Å²) in [6.45, 7) is 7.56. The van der Waals surface area contributed by atoms with Crippen molar-refractivity contribution < 1.29 is 4.74 Å². The van der Waals surface area contributed by atoms with E-state index < -0.39 is 0 Å². The van der Waals surface area contributed by atoms with E-state index in [2.05, 4.69) is 67.2 Å². The minimum Gasteiger partial charge on any atom is -0.494 e. The molecule has 0 saturated carbocycles. The molecule has 0 N–H and O–H groups in total. The molecule has 0 aliphatic carbocycles. The maximum atomic E-state index is 5.88. The van der Waals surface area contributed by atoms with E-state index in [1.165, 1.54) is 37.7 Å². The first kappa shape index (κ1) is 27.6. The highest BCUT2D eigenvalue weighted by Crippen LogP contribution is 2.23. The number of hydrogen-bond acceptors (Lipinski definition) is 3. The Hall–Kier alpha value is -2.94. The van der Waals surface area contributed by atoms with Gasteiger partial charge in [-0.2, -0.15) is 0 Å². The van der Waals surface area contributed by atoms with E-state index >= 15 is 0 Å². The van der Waals surface area contributed by atoms with Crippen LogP contribution in [0.25, 0.3) is 22.5 Å². The lowest BCUT2D eigenvalue weighted by Crippen LogP contribution is -1.97. The highest BCUT2D eigenvalue weighted by atomic mass is 16.5.